The lowest BCUT2D eigenvalue weighted by Gasteiger charge is -2.11. The Morgan fingerprint density at radius 3 is 2.29 bits per heavy atom. The Kier molecular flexibility index (Phi) is 2.92. The highest BCUT2D eigenvalue weighted by Gasteiger charge is 2.17. The fourth-order valence-corrected chi connectivity index (χ4v) is 1.26. The Labute approximate surface area is 81.7 Å². The lowest BCUT2D eigenvalue weighted by atomic mass is 10.1. The summed E-state index contributed by atoms with van der Waals surface area (Å²) < 4.78 is 23.3. The van der Waals surface area contributed by atoms with E-state index >= 15 is 0 Å². The van der Waals surface area contributed by atoms with Crippen LogP contribution in [0.3, 0.4) is 0 Å². The van der Waals surface area contributed by atoms with E-state index in [0.717, 1.165) is 0 Å². The molecule has 0 heterocycles. The Hall–Kier alpha value is -1.76. The van der Waals surface area contributed by atoms with Crippen molar-refractivity contribution in [1.82, 2.24) is 0 Å². The molecule has 4 heteroatoms. The molecular weight excluding hydrogens is 185 g/mol. The van der Waals surface area contributed by atoms with Gasteiger partial charge in [0.05, 0.1) is 19.8 Å². The highest BCUT2D eigenvalue weighted by Crippen LogP contribution is 2.35. The van der Waals surface area contributed by atoms with Crippen LogP contribution in [-0.4, -0.2) is 14.2 Å². The molecule has 0 aliphatic rings. The predicted molar refractivity (Wildman–Crippen MR) is 49.0 cm³/mol. The molecule has 1 aromatic carbocycles. The molecule has 0 aromatic heterocycles. The van der Waals surface area contributed by atoms with Crippen LogP contribution in [-0.2, 0) is 0 Å². The molecule has 0 unspecified atom stereocenters. The molecule has 0 bridgehead atoms. The number of methoxy groups -OCH3 is 2. The normalized spacial score (nSPS) is 9.36. The first-order chi connectivity index (χ1) is 6.65. The molecule has 0 saturated heterocycles. The zero-order valence-corrected chi connectivity index (χ0v) is 8.22. The standard InChI is InChI=1S/C10H10FNO2/c1-6-4-7(5-12)8(11)10(14-3)9(6)13-2/h4H,1-3H3. The van der Waals surface area contributed by atoms with Gasteiger partial charge in [-0.1, -0.05) is 0 Å². The average molecular weight is 195 g/mol. The fourth-order valence-electron chi connectivity index (χ4n) is 1.26. The van der Waals surface area contributed by atoms with Gasteiger partial charge in [0.2, 0.25) is 0 Å². The van der Waals surface area contributed by atoms with E-state index in [-0.39, 0.29) is 11.3 Å². The maximum atomic E-state index is 13.5. The maximum Gasteiger partial charge on any atom is 0.198 e. The maximum absolute atomic E-state index is 13.5. The monoisotopic (exact) mass is 195 g/mol. The quantitative estimate of drug-likeness (QED) is 0.725. The molecule has 0 spiro atoms. The van der Waals surface area contributed by atoms with Crippen LogP contribution in [0.2, 0.25) is 0 Å². The van der Waals surface area contributed by atoms with Crippen molar-refractivity contribution >= 4 is 0 Å². The summed E-state index contributed by atoms with van der Waals surface area (Å²) in [6.45, 7) is 1.72. The highest BCUT2D eigenvalue weighted by atomic mass is 19.1. The summed E-state index contributed by atoms with van der Waals surface area (Å²) in [5.41, 5.74) is 0.627. The van der Waals surface area contributed by atoms with Gasteiger partial charge in [0.1, 0.15) is 6.07 Å². The molecule has 0 aliphatic carbocycles. The third kappa shape index (κ3) is 1.49. The van der Waals surface area contributed by atoms with Crippen molar-refractivity contribution in [2.24, 2.45) is 0 Å². The Balaban J connectivity index is 3.50. The van der Waals surface area contributed by atoms with Crippen molar-refractivity contribution < 1.29 is 13.9 Å². The number of aryl methyl sites for hydroxylation is 1. The van der Waals surface area contributed by atoms with Gasteiger partial charge in [-0.2, -0.15) is 5.26 Å². The Morgan fingerprint density at radius 1 is 1.29 bits per heavy atom. The highest BCUT2D eigenvalue weighted by molar-refractivity contribution is 5.53. The van der Waals surface area contributed by atoms with Crippen LogP contribution in [0.1, 0.15) is 11.1 Å². The van der Waals surface area contributed by atoms with Gasteiger partial charge < -0.3 is 9.47 Å². The minimum Gasteiger partial charge on any atom is -0.492 e. The van der Waals surface area contributed by atoms with Crippen LogP contribution < -0.4 is 9.47 Å². The molecule has 0 atom stereocenters. The van der Waals surface area contributed by atoms with E-state index in [4.69, 9.17) is 14.7 Å². The van der Waals surface area contributed by atoms with E-state index < -0.39 is 5.82 Å². The van der Waals surface area contributed by atoms with E-state index in [2.05, 4.69) is 0 Å². The van der Waals surface area contributed by atoms with Crippen LogP contribution in [0.5, 0.6) is 11.5 Å². The third-order valence-electron chi connectivity index (χ3n) is 1.89. The van der Waals surface area contributed by atoms with Gasteiger partial charge in [0.15, 0.2) is 17.3 Å². The molecule has 1 rings (SSSR count). The second kappa shape index (κ2) is 3.97. The third-order valence-corrected chi connectivity index (χ3v) is 1.89. The summed E-state index contributed by atoms with van der Waals surface area (Å²) in [5.74, 6) is -0.384. The first-order valence-corrected chi connectivity index (χ1v) is 3.96. The van der Waals surface area contributed by atoms with Crippen molar-refractivity contribution in [3.8, 4) is 17.6 Å². The van der Waals surface area contributed by atoms with Crippen LogP contribution >= 0.6 is 0 Å². The molecule has 74 valence electrons. The van der Waals surface area contributed by atoms with Gasteiger partial charge in [-0.05, 0) is 18.6 Å². The molecule has 0 fully saturated rings. The second-order valence-corrected chi connectivity index (χ2v) is 2.73. The summed E-state index contributed by atoms with van der Waals surface area (Å²) in [6, 6.07) is 3.18. The molecule has 0 aliphatic heterocycles. The van der Waals surface area contributed by atoms with Crippen LogP contribution in [0.15, 0.2) is 6.07 Å². The summed E-state index contributed by atoms with van der Waals surface area (Å²) >= 11 is 0. The zero-order chi connectivity index (χ0) is 10.7. The molecule has 0 saturated carbocycles. The van der Waals surface area contributed by atoms with Crippen molar-refractivity contribution in [3.63, 3.8) is 0 Å². The Bertz CT molecular complexity index is 392. The smallest absolute Gasteiger partial charge is 0.198 e. The van der Waals surface area contributed by atoms with Gasteiger partial charge in [0.25, 0.3) is 0 Å². The molecule has 3 nitrogen and oxygen atoms in total. The van der Waals surface area contributed by atoms with Gasteiger partial charge in [-0.15, -0.1) is 0 Å². The van der Waals surface area contributed by atoms with Gasteiger partial charge in [0, 0.05) is 0 Å². The molecular formula is C10H10FNO2. The summed E-state index contributed by atoms with van der Waals surface area (Å²) in [7, 11) is 2.76. The number of halogens is 1. The molecule has 14 heavy (non-hydrogen) atoms. The molecule has 0 radical (unpaired) electrons. The summed E-state index contributed by atoms with van der Waals surface area (Å²) in [6.07, 6.45) is 0. The molecule has 0 N–H and O–H groups in total. The zero-order valence-electron chi connectivity index (χ0n) is 8.22. The summed E-state index contributed by atoms with van der Waals surface area (Å²) in [4.78, 5) is 0. The van der Waals surface area contributed by atoms with Gasteiger partial charge >= 0.3 is 0 Å². The number of hydrogen-bond acceptors (Lipinski definition) is 3. The van der Waals surface area contributed by atoms with Gasteiger partial charge in [-0.25, -0.2) is 4.39 Å². The lowest BCUT2D eigenvalue weighted by Crippen LogP contribution is -1.98. The van der Waals surface area contributed by atoms with E-state index in [0.29, 0.717) is 11.3 Å². The van der Waals surface area contributed by atoms with Crippen LogP contribution in [0, 0.1) is 24.1 Å². The van der Waals surface area contributed by atoms with Crippen molar-refractivity contribution in [2.45, 2.75) is 6.92 Å². The van der Waals surface area contributed by atoms with Gasteiger partial charge in [-0.3, -0.25) is 0 Å². The number of nitriles is 1. The van der Waals surface area contributed by atoms with Crippen LogP contribution in [0.4, 0.5) is 4.39 Å². The topological polar surface area (TPSA) is 42.2 Å². The fraction of sp³-hybridized carbons (Fsp3) is 0.300. The van der Waals surface area contributed by atoms with E-state index in [9.17, 15) is 4.39 Å². The SMILES string of the molecule is COc1c(C)cc(C#N)c(F)c1OC. The van der Waals surface area contributed by atoms with Crippen molar-refractivity contribution in [2.75, 3.05) is 14.2 Å². The van der Waals surface area contributed by atoms with E-state index in [1.807, 2.05) is 0 Å². The number of benzene rings is 1. The van der Waals surface area contributed by atoms with E-state index in [1.165, 1.54) is 20.3 Å². The lowest BCUT2D eigenvalue weighted by molar-refractivity contribution is 0.335. The number of nitrogens with zero attached hydrogens (tertiary/aromatic N) is 1. The minimum absolute atomic E-state index is 0.0240. The van der Waals surface area contributed by atoms with Crippen LogP contribution in [0.25, 0.3) is 0 Å². The first kappa shape index (κ1) is 10.3. The second-order valence-electron chi connectivity index (χ2n) is 2.73. The number of ether oxygens (including phenoxy) is 2. The largest absolute Gasteiger partial charge is 0.492 e. The Morgan fingerprint density at radius 2 is 1.86 bits per heavy atom. The molecule has 0 amide bonds. The first-order valence-electron chi connectivity index (χ1n) is 3.96. The number of hydrogen-bond donors (Lipinski definition) is 0. The van der Waals surface area contributed by atoms with Crippen molar-refractivity contribution in [3.05, 3.63) is 23.0 Å². The van der Waals surface area contributed by atoms with E-state index in [1.54, 1.807) is 13.0 Å². The minimum atomic E-state index is -0.683. The summed E-state index contributed by atoms with van der Waals surface area (Å²) in [5, 5.41) is 8.64. The average Bonchev–Trinajstić information content (AvgIpc) is 2.20. The predicted octanol–water partition coefficient (Wildman–Crippen LogP) is 2.02. The number of rotatable bonds is 2. The molecule has 1 aromatic rings. The van der Waals surface area contributed by atoms with Crippen molar-refractivity contribution in [1.29, 1.82) is 5.26 Å².